The molecule has 0 aromatic rings. The van der Waals surface area contributed by atoms with Crippen LogP contribution < -0.4 is 11.1 Å². The predicted octanol–water partition coefficient (Wildman–Crippen LogP) is 0.579. The molecule has 1 atom stereocenters. The molecule has 0 bridgehead atoms. The van der Waals surface area contributed by atoms with E-state index < -0.39 is 0 Å². The molecule has 9 heavy (non-hydrogen) atoms. The topological polar surface area (TPSA) is 38.0 Å². The minimum atomic E-state index is 0.281. The van der Waals surface area contributed by atoms with E-state index in [9.17, 15) is 0 Å². The third-order valence-electron chi connectivity index (χ3n) is 1.02. The van der Waals surface area contributed by atoms with Crippen LogP contribution >= 0.6 is 0 Å². The molecule has 0 spiro atoms. The minimum Gasteiger partial charge on any atom is -0.327 e. The van der Waals surface area contributed by atoms with Gasteiger partial charge in [-0.2, -0.15) is 0 Å². The molecule has 0 amide bonds. The third kappa shape index (κ3) is 7.92. The van der Waals surface area contributed by atoms with Gasteiger partial charge in [0.2, 0.25) is 0 Å². The Kier molecular flexibility index (Phi) is 4.72. The van der Waals surface area contributed by atoms with Crippen molar-refractivity contribution in [2.24, 2.45) is 11.7 Å². The van der Waals surface area contributed by atoms with Crippen molar-refractivity contribution in [3.05, 3.63) is 0 Å². The van der Waals surface area contributed by atoms with Crippen LogP contribution in [0.5, 0.6) is 0 Å². The van der Waals surface area contributed by atoms with Crippen LogP contribution in [0.15, 0.2) is 0 Å². The second-order valence-electron chi connectivity index (χ2n) is 3.03. The number of rotatable bonds is 4. The molecule has 0 heterocycles. The molecule has 0 fully saturated rings. The maximum absolute atomic E-state index is 5.52. The van der Waals surface area contributed by atoms with Gasteiger partial charge in [0.05, 0.1) is 0 Å². The third-order valence-corrected chi connectivity index (χ3v) is 1.02. The molecule has 3 N–H and O–H groups in total. The summed E-state index contributed by atoms with van der Waals surface area (Å²) in [5.74, 6) is 0.726. The molecule has 0 aliphatic rings. The Hall–Kier alpha value is -0.0800. The van der Waals surface area contributed by atoms with Crippen molar-refractivity contribution < 1.29 is 0 Å². The molecule has 0 aliphatic heterocycles. The molecule has 0 saturated heterocycles. The Balaban J connectivity index is 2.91. The molecule has 0 saturated carbocycles. The Morgan fingerprint density at radius 3 is 2.11 bits per heavy atom. The van der Waals surface area contributed by atoms with E-state index in [4.69, 9.17) is 5.73 Å². The zero-order chi connectivity index (χ0) is 7.28. The van der Waals surface area contributed by atoms with Gasteiger partial charge in [-0.05, 0) is 19.4 Å². The standard InChI is InChI=1S/C7H18N2/c1-6(2)4-9-5-7(3)8/h6-7,9H,4-5,8H2,1-3H3/t7-/m1/s1. The predicted molar refractivity (Wildman–Crippen MR) is 41.4 cm³/mol. The Labute approximate surface area is 57.8 Å². The summed E-state index contributed by atoms with van der Waals surface area (Å²) < 4.78 is 0. The zero-order valence-electron chi connectivity index (χ0n) is 6.65. The summed E-state index contributed by atoms with van der Waals surface area (Å²) in [6.07, 6.45) is 0. The highest BCUT2D eigenvalue weighted by atomic mass is 14.9. The van der Waals surface area contributed by atoms with Crippen LogP contribution in [-0.4, -0.2) is 19.1 Å². The Morgan fingerprint density at radius 2 is 1.78 bits per heavy atom. The number of hydrogen-bond acceptors (Lipinski definition) is 2. The van der Waals surface area contributed by atoms with Gasteiger partial charge in [0.1, 0.15) is 0 Å². The SMILES string of the molecule is CC(C)CNC[C@@H](C)N. The first kappa shape index (κ1) is 8.92. The summed E-state index contributed by atoms with van der Waals surface area (Å²) in [6, 6.07) is 0.281. The minimum absolute atomic E-state index is 0.281. The lowest BCUT2D eigenvalue weighted by Gasteiger charge is -2.08. The number of nitrogens with two attached hydrogens (primary N) is 1. The van der Waals surface area contributed by atoms with Gasteiger partial charge in [0, 0.05) is 12.6 Å². The molecule has 0 unspecified atom stereocenters. The van der Waals surface area contributed by atoms with Crippen LogP contribution in [0.4, 0.5) is 0 Å². The average Bonchev–Trinajstić information content (AvgIpc) is 1.63. The fourth-order valence-electron chi connectivity index (χ4n) is 0.600. The average molecular weight is 130 g/mol. The largest absolute Gasteiger partial charge is 0.327 e. The van der Waals surface area contributed by atoms with Crippen molar-refractivity contribution in [3.8, 4) is 0 Å². The van der Waals surface area contributed by atoms with E-state index in [1.165, 1.54) is 0 Å². The second kappa shape index (κ2) is 4.77. The van der Waals surface area contributed by atoms with E-state index in [1.807, 2.05) is 6.92 Å². The van der Waals surface area contributed by atoms with E-state index in [2.05, 4.69) is 19.2 Å². The summed E-state index contributed by atoms with van der Waals surface area (Å²) in [5.41, 5.74) is 5.52. The fourth-order valence-corrected chi connectivity index (χ4v) is 0.600. The van der Waals surface area contributed by atoms with Crippen molar-refractivity contribution in [1.29, 1.82) is 0 Å². The molecule has 2 nitrogen and oxygen atoms in total. The van der Waals surface area contributed by atoms with E-state index in [0.29, 0.717) is 0 Å². The zero-order valence-corrected chi connectivity index (χ0v) is 6.65. The highest BCUT2D eigenvalue weighted by molar-refractivity contribution is 4.58. The molecule has 2 heteroatoms. The van der Waals surface area contributed by atoms with Crippen molar-refractivity contribution in [1.82, 2.24) is 5.32 Å². The lowest BCUT2D eigenvalue weighted by atomic mass is 10.2. The summed E-state index contributed by atoms with van der Waals surface area (Å²) in [6.45, 7) is 8.38. The molecule has 0 aromatic carbocycles. The van der Waals surface area contributed by atoms with Crippen LogP contribution in [0.2, 0.25) is 0 Å². The van der Waals surface area contributed by atoms with Crippen LogP contribution in [0.25, 0.3) is 0 Å². The van der Waals surface area contributed by atoms with E-state index >= 15 is 0 Å². The smallest absolute Gasteiger partial charge is 0.0136 e. The quantitative estimate of drug-likeness (QED) is 0.584. The maximum atomic E-state index is 5.52. The van der Waals surface area contributed by atoms with Crippen molar-refractivity contribution in [2.45, 2.75) is 26.8 Å². The Morgan fingerprint density at radius 1 is 1.22 bits per heavy atom. The van der Waals surface area contributed by atoms with Crippen molar-refractivity contribution >= 4 is 0 Å². The van der Waals surface area contributed by atoms with E-state index in [-0.39, 0.29) is 6.04 Å². The fraction of sp³-hybridized carbons (Fsp3) is 1.00. The van der Waals surface area contributed by atoms with Crippen LogP contribution in [-0.2, 0) is 0 Å². The monoisotopic (exact) mass is 130 g/mol. The summed E-state index contributed by atoms with van der Waals surface area (Å²) in [5, 5.41) is 3.26. The van der Waals surface area contributed by atoms with Gasteiger partial charge in [-0.25, -0.2) is 0 Å². The molecule has 56 valence electrons. The lowest BCUT2D eigenvalue weighted by molar-refractivity contribution is 0.527. The summed E-state index contributed by atoms with van der Waals surface area (Å²) >= 11 is 0. The Bertz CT molecular complexity index is 51.9. The summed E-state index contributed by atoms with van der Waals surface area (Å²) in [4.78, 5) is 0. The van der Waals surface area contributed by atoms with E-state index in [0.717, 1.165) is 19.0 Å². The van der Waals surface area contributed by atoms with Gasteiger partial charge in [-0.1, -0.05) is 13.8 Å². The summed E-state index contributed by atoms with van der Waals surface area (Å²) in [7, 11) is 0. The lowest BCUT2D eigenvalue weighted by Crippen LogP contribution is -2.33. The number of nitrogens with one attached hydrogen (secondary N) is 1. The maximum Gasteiger partial charge on any atom is 0.0136 e. The molecule has 0 radical (unpaired) electrons. The van der Waals surface area contributed by atoms with Gasteiger partial charge < -0.3 is 11.1 Å². The molecular weight excluding hydrogens is 112 g/mol. The second-order valence-corrected chi connectivity index (χ2v) is 3.03. The molecule has 0 aromatic heterocycles. The normalized spacial score (nSPS) is 14.3. The van der Waals surface area contributed by atoms with Crippen LogP contribution in [0, 0.1) is 5.92 Å². The van der Waals surface area contributed by atoms with E-state index in [1.54, 1.807) is 0 Å². The van der Waals surface area contributed by atoms with Gasteiger partial charge in [-0.15, -0.1) is 0 Å². The van der Waals surface area contributed by atoms with Crippen LogP contribution in [0.3, 0.4) is 0 Å². The molecule has 0 aliphatic carbocycles. The number of hydrogen-bond donors (Lipinski definition) is 2. The van der Waals surface area contributed by atoms with Crippen LogP contribution in [0.1, 0.15) is 20.8 Å². The highest BCUT2D eigenvalue weighted by Gasteiger charge is 1.94. The first-order valence-corrected chi connectivity index (χ1v) is 3.59. The van der Waals surface area contributed by atoms with Gasteiger partial charge in [-0.3, -0.25) is 0 Å². The highest BCUT2D eigenvalue weighted by Crippen LogP contribution is 1.86. The molecular formula is C7H18N2. The van der Waals surface area contributed by atoms with Gasteiger partial charge >= 0.3 is 0 Å². The van der Waals surface area contributed by atoms with Crippen molar-refractivity contribution in [3.63, 3.8) is 0 Å². The molecule has 0 rings (SSSR count). The van der Waals surface area contributed by atoms with Gasteiger partial charge in [0.25, 0.3) is 0 Å². The first-order valence-electron chi connectivity index (χ1n) is 3.59. The van der Waals surface area contributed by atoms with Gasteiger partial charge in [0.15, 0.2) is 0 Å². The first-order chi connectivity index (χ1) is 4.13. The van der Waals surface area contributed by atoms with Crippen molar-refractivity contribution in [2.75, 3.05) is 13.1 Å².